The Morgan fingerprint density at radius 3 is 2.71 bits per heavy atom. The minimum atomic E-state index is -3.81. The number of halogens is 1. The molecule has 1 aliphatic rings. The van der Waals surface area contributed by atoms with Crippen molar-refractivity contribution in [3.8, 4) is 0 Å². The van der Waals surface area contributed by atoms with E-state index in [1.54, 1.807) is 12.1 Å². The molecule has 3 rings (SSSR count). The van der Waals surface area contributed by atoms with E-state index in [1.807, 2.05) is 12.1 Å². The van der Waals surface area contributed by atoms with Crippen LogP contribution in [-0.2, 0) is 16.4 Å². The molecule has 1 aliphatic heterocycles. The maximum Gasteiger partial charge on any atom is 0.409 e. The smallest absolute Gasteiger partial charge is 0.409 e. The number of benzene rings is 2. The summed E-state index contributed by atoms with van der Waals surface area (Å²) in [5.41, 5.74) is 1.67. The molecule has 0 saturated heterocycles. The van der Waals surface area contributed by atoms with Crippen LogP contribution in [0.25, 0.3) is 0 Å². The molecule has 0 unspecified atom stereocenters. The number of hydrogen-bond donors (Lipinski definition) is 2. The third kappa shape index (κ3) is 3.05. The van der Waals surface area contributed by atoms with Crippen LogP contribution in [0.15, 0.2) is 47.4 Å². The molecule has 8 heteroatoms. The molecule has 6 nitrogen and oxygen atoms in total. The highest BCUT2D eigenvalue weighted by Gasteiger charge is 2.29. The van der Waals surface area contributed by atoms with Crippen molar-refractivity contribution < 1.29 is 18.3 Å². The summed E-state index contributed by atoms with van der Waals surface area (Å²) in [5.74, 6) is 0. The predicted octanol–water partition coefficient (Wildman–Crippen LogP) is 3.57. The van der Waals surface area contributed by atoms with Gasteiger partial charge in [-0.2, -0.15) is 0 Å². The molecule has 0 aliphatic carbocycles. The summed E-state index contributed by atoms with van der Waals surface area (Å²) < 4.78 is 27.4. The van der Waals surface area contributed by atoms with Gasteiger partial charge in [0.2, 0.25) is 0 Å². The monoisotopic (exact) mass is 366 g/mol. The Balaban J connectivity index is 2.05. The SMILES string of the molecule is O=C(O)Nc1cc(S(=O)(=O)N2CCCc3ccccc32)ccc1Cl. The molecule has 0 bridgehead atoms. The molecular weight excluding hydrogens is 352 g/mol. The molecule has 24 heavy (non-hydrogen) atoms. The fraction of sp³-hybridized carbons (Fsp3) is 0.188. The van der Waals surface area contributed by atoms with Gasteiger partial charge >= 0.3 is 6.09 Å². The topological polar surface area (TPSA) is 86.7 Å². The van der Waals surface area contributed by atoms with Crippen LogP contribution in [0.3, 0.4) is 0 Å². The lowest BCUT2D eigenvalue weighted by Crippen LogP contribution is -2.35. The van der Waals surface area contributed by atoms with E-state index in [1.165, 1.54) is 22.5 Å². The molecule has 1 amide bonds. The van der Waals surface area contributed by atoms with E-state index in [4.69, 9.17) is 16.7 Å². The summed E-state index contributed by atoms with van der Waals surface area (Å²) in [4.78, 5) is 10.8. The van der Waals surface area contributed by atoms with E-state index in [0.717, 1.165) is 18.4 Å². The Bertz CT molecular complexity index is 899. The molecule has 2 N–H and O–H groups in total. The molecule has 0 saturated carbocycles. The van der Waals surface area contributed by atoms with Gasteiger partial charge in [-0.05, 0) is 42.7 Å². The van der Waals surface area contributed by atoms with Gasteiger partial charge in [-0.3, -0.25) is 9.62 Å². The first-order valence-electron chi connectivity index (χ1n) is 7.30. The highest BCUT2D eigenvalue weighted by molar-refractivity contribution is 7.92. The summed E-state index contributed by atoms with van der Waals surface area (Å²) in [6, 6.07) is 11.4. The van der Waals surface area contributed by atoms with E-state index in [9.17, 15) is 13.2 Å². The zero-order valence-corrected chi connectivity index (χ0v) is 14.1. The molecule has 0 fully saturated rings. The molecule has 2 aromatic carbocycles. The van der Waals surface area contributed by atoms with Crippen LogP contribution in [0.5, 0.6) is 0 Å². The normalized spacial score (nSPS) is 14.1. The molecule has 0 aromatic heterocycles. The number of fused-ring (bicyclic) bond motifs is 1. The number of aryl methyl sites for hydroxylation is 1. The van der Waals surface area contributed by atoms with Crippen LogP contribution < -0.4 is 9.62 Å². The number of nitrogens with zero attached hydrogens (tertiary/aromatic N) is 1. The van der Waals surface area contributed by atoms with Crippen LogP contribution in [0, 0.1) is 0 Å². The van der Waals surface area contributed by atoms with E-state index >= 15 is 0 Å². The number of para-hydroxylation sites is 1. The van der Waals surface area contributed by atoms with Crippen molar-refractivity contribution in [3.05, 3.63) is 53.1 Å². The molecule has 0 spiro atoms. The highest BCUT2D eigenvalue weighted by Crippen LogP contribution is 2.33. The van der Waals surface area contributed by atoms with Crippen molar-refractivity contribution in [1.82, 2.24) is 0 Å². The summed E-state index contributed by atoms with van der Waals surface area (Å²) in [7, 11) is -3.81. The first-order valence-corrected chi connectivity index (χ1v) is 9.11. The van der Waals surface area contributed by atoms with Gasteiger partial charge in [0.1, 0.15) is 0 Å². The standard InChI is InChI=1S/C16H15ClN2O4S/c17-13-8-7-12(10-14(13)18-16(20)21)24(22,23)19-9-3-5-11-4-1-2-6-15(11)19/h1-2,4,6-8,10,18H,3,5,9H2,(H,20,21). The lowest BCUT2D eigenvalue weighted by atomic mass is 10.0. The largest absolute Gasteiger partial charge is 0.465 e. The molecular formula is C16H15ClN2O4S. The van der Waals surface area contributed by atoms with Crippen LogP contribution in [0.1, 0.15) is 12.0 Å². The minimum Gasteiger partial charge on any atom is -0.465 e. The van der Waals surface area contributed by atoms with E-state index in [-0.39, 0.29) is 15.6 Å². The van der Waals surface area contributed by atoms with E-state index in [2.05, 4.69) is 5.32 Å². The number of carboxylic acid groups (broad SMARTS) is 1. The molecule has 1 heterocycles. The van der Waals surface area contributed by atoms with Crippen molar-refractivity contribution in [2.75, 3.05) is 16.2 Å². The van der Waals surface area contributed by atoms with Gasteiger partial charge in [0.15, 0.2) is 0 Å². The third-order valence-electron chi connectivity index (χ3n) is 3.84. The Hall–Kier alpha value is -2.25. The van der Waals surface area contributed by atoms with Gasteiger partial charge in [-0.25, -0.2) is 13.2 Å². The Kier molecular flexibility index (Phi) is 4.38. The lowest BCUT2D eigenvalue weighted by molar-refractivity contribution is 0.209. The first kappa shape index (κ1) is 16.6. The van der Waals surface area contributed by atoms with Crippen LogP contribution in [-0.4, -0.2) is 26.2 Å². The zero-order valence-electron chi connectivity index (χ0n) is 12.6. The fourth-order valence-corrected chi connectivity index (χ4v) is 4.48. The quantitative estimate of drug-likeness (QED) is 0.869. The average Bonchev–Trinajstić information content (AvgIpc) is 2.55. The summed E-state index contributed by atoms with van der Waals surface area (Å²) >= 11 is 5.92. The second-order valence-electron chi connectivity index (χ2n) is 5.38. The fourth-order valence-electron chi connectivity index (χ4n) is 2.75. The van der Waals surface area contributed by atoms with Gasteiger partial charge in [0.05, 0.1) is 21.3 Å². The predicted molar refractivity (Wildman–Crippen MR) is 92.4 cm³/mol. The summed E-state index contributed by atoms with van der Waals surface area (Å²) in [6.07, 6.45) is 0.244. The number of hydrogen-bond acceptors (Lipinski definition) is 3. The number of anilines is 2. The van der Waals surface area contributed by atoms with Crippen molar-refractivity contribution in [2.24, 2.45) is 0 Å². The molecule has 126 valence electrons. The van der Waals surface area contributed by atoms with Crippen molar-refractivity contribution in [3.63, 3.8) is 0 Å². The van der Waals surface area contributed by atoms with Gasteiger partial charge in [-0.15, -0.1) is 0 Å². The molecule has 2 aromatic rings. The highest BCUT2D eigenvalue weighted by atomic mass is 35.5. The van der Waals surface area contributed by atoms with Crippen molar-refractivity contribution in [1.29, 1.82) is 0 Å². The Morgan fingerprint density at radius 1 is 1.21 bits per heavy atom. The van der Waals surface area contributed by atoms with Gasteiger partial charge in [0, 0.05) is 6.54 Å². The second kappa shape index (κ2) is 6.33. The lowest BCUT2D eigenvalue weighted by Gasteiger charge is -2.30. The summed E-state index contributed by atoms with van der Waals surface area (Å²) in [6.45, 7) is 0.379. The number of rotatable bonds is 3. The average molecular weight is 367 g/mol. The first-order chi connectivity index (χ1) is 11.4. The Labute approximate surface area is 144 Å². The maximum atomic E-state index is 13.0. The number of sulfonamides is 1. The van der Waals surface area contributed by atoms with Gasteiger partial charge < -0.3 is 5.11 Å². The van der Waals surface area contributed by atoms with Crippen molar-refractivity contribution >= 4 is 39.1 Å². The number of carbonyl (C=O) groups is 1. The van der Waals surface area contributed by atoms with Crippen LogP contribution >= 0.6 is 11.6 Å². The van der Waals surface area contributed by atoms with Crippen LogP contribution in [0.4, 0.5) is 16.2 Å². The molecule has 0 atom stereocenters. The van der Waals surface area contributed by atoms with Gasteiger partial charge in [0.25, 0.3) is 10.0 Å². The second-order valence-corrected chi connectivity index (χ2v) is 7.65. The number of nitrogens with one attached hydrogen (secondary N) is 1. The van der Waals surface area contributed by atoms with E-state index < -0.39 is 16.1 Å². The van der Waals surface area contributed by atoms with Crippen molar-refractivity contribution in [2.45, 2.75) is 17.7 Å². The number of amides is 1. The van der Waals surface area contributed by atoms with Gasteiger partial charge in [-0.1, -0.05) is 29.8 Å². The van der Waals surface area contributed by atoms with E-state index in [0.29, 0.717) is 12.2 Å². The van der Waals surface area contributed by atoms with Crippen LogP contribution in [0.2, 0.25) is 5.02 Å². The Morgan fingerprint density at radius 2 is 1.96 bits per heavy atom. The molecule has 0 radical (unpaired) electrons. The summed E-state index contributed by atoms with van der Waals surface area (Å²) in [5, 5.41) is 11.1. The minimum absolute atomic E-state index is 0.00708. The zero-order chi connectivity index (χ0) is 17.3. The maximum absolute atomic E-state index is 13.0. The third-order valence-corrected chi connectivity index (χ3v) is 5.97.